The maximum atomic E-state index is 12.9. The lowest BCUT2D eigenvalue weighted by Gasteiger charge is -2.30. The van der Waals surface area contributed by atoms with Crippen LogP contribution in [0.25, 0.3) is 10.9 Å². The number of rotatable bonds is 4. The Labute approximate surface area is 174 Å². The van der Waals surface area contributed by atoms with E-state index in [0.717, 1.165) is 48.2 Å². The van der Waals surface area contributed by atoms with E-state index in [1.807, 2.05) is 24.2 Å². The summed E-state index contributed by atoms with van der Waals surface area (Å²) in [5, 5.41) is 18.2. The molecular formula is C21H26N6O3. The fraction of sp³-hybridized carbons (Fsp3) is 0.476. The van der Waals surface area contributed by atoms with Crippen molar-refractivity contribution >= 4 is 34.2 Å². The second-order valence-electron chi connectivity index (χ2n) is 8.14. The molecule has 30 heavy (non-hydrogen) atoms. The first-order valence-electron chi connectivity index (χ1n) is 10.5. The van der Waals surface area contributed by atoms with Crippen LogP contribution in [0.5, 0.6) is 0 Å². The van der Waals surface area contributed by atoms with Crippen molar-refractivity contribution in [3.8, 4) is 0 Å². The molecule has 5 rings (SSSR count). The molecule has 0 radical (unpaired) electrons. The zero-order valence-corrected chi connectivity index (χ0v) is 17.0. The number of amides is 1. The smallest absolute Gasteiger partial charge is 0.298 e. The van der Waals surface area contributed by atoms with Gasteiger partial charge in [-0.25, -0.2) is 0 Å². The molecule has 3 aromatic rings. The molecule has 1 amide bonds. The zero-order chi connectivity index (χ0) is 20.7. The van der Waals surface area contributed by atoms with E-state index in [1.165, 1.54) is 12.7 Å². The average Bonchev–Trinajstić information content (AvgIpc) is 3.46. The summed E-state index contributed by atoms with van der Waals surface area (Å²) in [4.78, 5) is 21.4. The van der Waals surface area contributed by atoms with Gasteiger partial charge in [0, 0.05) is 44.8 Å². The molecule has 1 aromatic carbocycles. The number of nitrogens with zero attached hydrogens (tertiary/aromatic N) is 5. The van der Waals surface area contributed by atoms with Crippen LogP contribution in [0.15, 0.2) is 29.0 Å². The number of benzene rings is 1. The van der Waals surface area contributed by atoms with E-state index >= 15 is 0 Å². The molecule has 2 aromatic heterocycles. The number of carbonyl (C=O) groups is 1. The number of aliphatic hydroxyl groups is 1. The Balaban J connectivity index is 1.42. The number of hydrogen-bond donors (Lipinski definition) is 2. The largest absolute Gasteiger partial charge is 0.431 e. The summed E-state index contributed by atoms with van der Waals surface area (Å²) in [6, 6.07) is 4.40. The minimum atomic E-state index is -0.382. The number of carbonyl (C=O) groups excluding carboxylic acids is 1. The van der Waals surface area contributed by atoms with Gasteiger partial charge in [-0.1, -0.05) is 0 Å². The quantitative estimate of drug-likeness (QED) is 0.681. The molecule has 0 saturated carbocycles. The molecule has 2 fully saturated rings. The second-order valence-corrected chi connectivity index (χ2v) is 8.14. The van der Waals surface area contributed by atoms with Crippen LogP contribution in [0.2, 0.25) is 0 Å². The highest BCUT2D eigenvalue weighted by atomic mass is 16.4. The number of anilines is 3. The molecule has 1 atom stereocenters. The zero-order valence-electron chi connectivity index (χ0n) is 17.0. The van der Waals surface area contributed by atoms with E-state index in [2.05, 4.69) is 26.4 Å². The highest BCUT2D eigenvalue weighted by Crippen LogP contribution is 2.33. The Kier molecular flexibility index (Phi) is 4.82. The number of nitrogens with one attached hydrogen (secondary N) is 1. The average molecular weight is 410 g/mol. The number of fused-ring (bicyclic) bond motifs is 1. The third kappa shape index (κ3) is 3.60. The molecule has 0 bridgehead atoms. The van der Waals surface area contributed by atoms with Crippen molar-refractivity contribution < 1.29 is 14.3 Å². The standard InChI is InChI=1S/C21H26N6O3/c1-25-11-14-9-17(19(10-16(14)24-25)26-6-3-2-4-7-26)22-20(29)18-13-30-21(23-18)27-8-5-15(28)12-27/h9-11,13,15,28H,2-8,12H2,1H3,(H,22,29)/t15-/m0/s1. The summed E-state index contributed by atoms with van der Waals surface area (Å²) in [5.41, 5.74) is 2.87. The van der Waals surface area contributed by atoms with E-state index < -0.39 is 0 Å². The predicted octanol–water partition coefficient (Wildman–Crippen LogP) is 2.37. The SMILES string of the molecule is Cn1cc2cc(NC(=O)c3coc(N4CC[C@H](O)C4)n3)c(N3CCCCC3)cc2n1. The van der Waals surface area contributed by atoms with Crippen LogP contribution in [0.1, 0.15) is 36.2 Å². The highest BCUT2D eigenvalue weighted by molar-refractivity contribution is 6.06. The molecule has 2 aliphatic rings. The monoisotopic (exact) mass is 410 g/mol. The van der Waals surface area contributed by atoms with Gasteiger partial charge >= 0.3 is 0 Å². The van der Waals surface area contributed by atoms with Crippen LogP contribution in [-0.2, 0) is 7.05 Å². The Morgan fingerprint density at radius 3 is 2.80 bits per heavy atom. The molecular weight excluding hydrogens is 384 g/mol. The predicted molar refractivity (Wildman–Crippen MR) is 114 cm³/mol. The van der Waals surface area contributed by atoms with Gasteiger partial charge in [-0.15, -0.1) is 0 Å². The van der Waals surface area contributed by atoms with E-state index in [1.54, 1.807) is 4.68 Å². The maximum absolute atomic E-state index is 12.9. The van der Waals surface area contributed by atoms with Crippen molar-refractivity contribution in [2.75, 3.05) is 41.3 Å². The van der Waals surface area contributed by atoms with E-state index in [9.17, 15) is 9.90 Å². The first-order chi connectivity index (χ1) is 14.6. The minimum absolute atomic E-state index is 0.224. The molecule has 2 N–H and O–H groups in total. The van der Waals surface area contributed by atoms with Gasteiger partial charge < -0.3 is 24.6 Å². The summed E-state index contributed by atoms with van der Waals surface area (Å²) < 4.78 is 7.28. The summed E-state index contributed by atoms with van der Waals surface area (Å²) in [6.07, 6.45) is 7.12. The van der Waals surface area contributed by atoms with Gasteiger partial charge in [0.05, 0.1) is 23.0 Å². The highest BCUT2D eigenvalue weighted by Gasteiger charge is 2.25. The number of aliphatic hydroxyl groups excluding tert-OH is 1. The number of β-amino-alcohol motifs (C(OH)–C–C–N with tert-alkyl or cyclic N) is 1. The lowest BCUT2D eigenvalue weighted by atomic mass is 10.1. The summed E-state index contributed by atoms with van der Waals surface area (Å²) in [6.45, 7) is 3.07. The third-order valence-electron chi connectivity index (χ3n) is 5.84. The van der Waals surface area contributed by atoms with Gasteiger partial charge in [0.15, 0.2) is 5.69 Å². The molecule has 0 spiro atoms. The Hall–Kier alpha value is -3.07. The number of hydrogen-bond acceptors (Lipinski definition) is 7. The first kappa shape index (κ1) is 18.9. The third-order valence-corrected chi connectivity index (χ3v) is 5.84. The normalized spacial score (nSPS) is 19.6. The lowest BCUT2D eigenvalue weighted by Crippen LogP contribution is -2.30. The van der Waals surface area contributed by atoms with Crippen molar-refractivity contribution in [1.29, 1.82) is 0 Å². The van der Waals surface area contributed by atoms with E-state index in [-0.39, 0.29) is 17.7 Å². The topological polar surface area (TPSA) is 99.7 Å². The molecule has 4 heterocycles. The fourth-order valence-corrected chi connectivity index (χ4v) is 4.30. The van der Waals surface area contributed by atoms with Crippen LogP contribution in [0.3, 0.4) is 0 Å². The van der Waals surface area contributed by atoms with Crippen molar-refractivity contribution in [3.63, 3.8) is 0 Å². The molecule has 2 aliphatic heterocycles. The lowest BCUT2D eigenvalue weighted by molar-refractivity contribution is 0.102. The van der Waals surface area contributed by atoms with Crippen LogP contribution < -0.4 is 15.1 Å². The van der Waals surface area contributed by atoms with Gasteiger partial charge in [0.1, 0.15) is 6.26 Å². The van der Waals surface area contributed by atoms with Gasteiger partial charge in [-0.3, -0.25) is 9.48 Å². The Morgan fingerprint density at radius 2 is 2.03 bits per heavy atom. The number of oxazole rings is 1. The van der Waals surface area contributed by atoms with Crippen LogP contribution in [-0.4, -0.2) is 58.1 Å². The summed E-state index contributed by atoms with van der Waals surface area (Å²) in [7, 11) is 1.89. The minimum Gasteiger partial charge on any atom is -0.431 e. The van der Waals surface area contributed by atoms with Gasteiger partial charge in [0.2, 0.25) is 0 Å². The molecule has 158 valence electrons. The summed E-state index contributed by atoms with van der Waals surface area (Å²) in [5.74, 6) is -0.314. The Morgan fingerprint density at radius 1 is 1.20 bits per heavy atom. The van der Waals surface area contributed by atoms with Crippen LogP contribution in [0, 0.1) is 0 Å². The number of aryl methyl sites for hydroxylation is 1. The number of aromatic nitrogens is 3. The van der Waals surface area contributed by atoms with E-state index in [4.69, 9.17) is 4.42 Å². The molecule has 0 aliphatic carbocycles. The van der Waals surface area contributed by atoms with Crippen molar-refractivity contribution in [3.05, 3.63) is 30.3 Å². The maximum Gasteiger partial charge on any atom is 0.298 e. The second kappa shape index (κ2) is 7.64. The van der Waals surface area contributed by atoms with Gasteiger partial charge in [-0.05, 0) is 37.8 Å². The first-order valence-corrected chi connectivity index (χ1v) is 10.5. The van der Waals surface area contributed by atoms with Crippen LogP contribution in [0.4, 0.5) is 17.4 Å². The molecule has 9 heteroatoms. The van der Waals surface area contributed by atoms with Gasteiger partial charge in [0.25, 0.3) is 11.9 Å². The Bertz CT molecular complexity index is 1070. The molecule has 0 unspecified atom stereocenters. The van der Waals surface area contributed by atoms with E-state index in [0.29, 0.717) is 25.5 Å². The summed E-state index contributed by atoms with van der Waals surface area (Å²) >= 11 is 0. The van der Waals surface area contributed by atoms with Crippen LogP contribution >= 0.6 is 0 Å². The fourth-order valence-electron chi connectivity index (χ4n) is 4.30. The van der Waals surface area contributed by atoms with Gasteiger partial charge in [-0.2, -0.15) is 10.1 Å². The van der Waals surface area contributed by atoms with Crippen molar-refractivity contribution in [2.24, 2.45) is 7.05 Å². The van der Waals surface area contributed by atoms with Crippen molar-refractivity contribution in [2.45, 2.75) is 31.8 Å². The number of piperidine rings is 1. The van der Waals surface area contributed by atoms with Crippen molar-refractivity contribution in [1.82, 2.24) is 14.8 Å². The molecule has 2 saturated heterocycles. The molecule has 9 nitrogen and oxygen atoms in total.